The summed E-state index contributed by atoms with van der Waals surface area (Å²) in [6.07, 6.45) is 3.88. The Balaban J connectivity index is 1.38. The minimum atomic E-state index is -0.257. The van der Waals surface area contributed by atoms with Gasteiger partial charge in [0.2, 0.25) is 5.91 Å². The first-order chi connectivity index (χ1) is 12.7. The zero-order valence-electron chi connectivity index (χ0n) is 14.7. The number of rotatable bonds is 7. The van der Waals surface area contributed by atoms with E-state index in [1.54, 1.807) is 12.1 Å². The van der Waals surface area contributed by atoms with Crippen molar-refractivity contribution >= 4 is 11.8 Å². The van der Waals surface area contributed by atoms with E-state index in [1.807, 2.05) is 41.2 Å². The molecule has 2 heterocycles. The summed E-state index contributed by atoms with van der Waals surface area (Å²) < 4.78 is 7.25. The van der Waals surface area contributed by atoms with Crippen LogP contribution in [0, 0.1) is 0 Å². The highest BCUT2D eigenvalue weighted by Crippen LogP contribution is 2.09. The second-order valence-electron chi connectivity index (χ2n) is 6.12. The maximum absolute atomic E-state index is 12.1. The third-order valence-electron chi connectivity index (χ3n) is 4.30. The molecule has 1 aromatic heterocycles. The van der Waals surface area contributed by atoms with Crippen LogP contribution in [0.25, 0.3) is 5.69 Å². The highest BCUT2D eigenvalue weighted by molar-refractivity contribution is 5.96. The molecule has 7 heteroatoms. The molecule has 1 aromatic carbocycles. The first-order valence-electron chi connectivity index (χ1n) is 8.81. The molecular formula is C19H24N4O3. The van der Waals surface area contributed by atoms with Crippen LogP contribution in [0.2, 0.25) is 0 Å². The molecule has 0 saturated carbocycles. The van der Waals surface area contributed by atoms with Crippen molar-refractivity contribution < 1.29 is 14.3 Å². The Hall–Kier alpha value is -2.64. The molecule has 2 amide bonds. The van der Waals surface area contributed by atoms with Gasteiger partial charge < -0.3 is 19.9 Å². The summed E-state index contributed by atoms with van der Waals surface area (Å²) in [6.45, 7) is 4.61. The number of hydrogen-bond donors (Lipinski definition) is 2. The molecule has 0 spiro atoms. The third kappa shape index (κ3) is 5.18. The molecule has 1 fully saturated rings. The van der Waals surface area contributed by atoms with Crippen molar-refractivity contribution in [1.29, 1.82) is 0 Å². The summed E-state index contributed by atoms with van der Waals surface area (Å²) in [7, 11) is 0. The van der Waals surface area contributed by atoms with E-state index in [1.165, 1.54) is 0 Å². The predicted octanol–water partition coefficient (Wildman–Crippen LogP) is 0.655. The minimum Gasteiger partial charge on any atom is -0.379 e. The number of carbonyl (C=O) groups is 2. The average Bonchev–Trinajstić information content (AvgIpc) is 3.22. The van der Waals surface area contributed by atoms with Crippen LogP contribution in [0.1, 0.15) is 10.4 Å². The SMILES string of the molecule is O=C(CNC(=O)c1ccc(-n2cccc2)cc1)NCCN1CCOCC1. The third-order valence-corrected chi connectivity index (χ3v) is 4.30. The molecule has 7 nitrogen and oxygen atoms in total. The maximum Gasteiger partial charge on any atom is 0.251 e. The normalized spacial score (nSPS) is 14.8. The molecule has 0 unspecified atom stereocenters. The Morgan fingerprint density at radius 1 is 1.00 bits per heavy atom. The van der Waals surface area contributed by atoms with Crippen molar-refractivity contribution in [1.82, 2.24) is 20.1 Å². The standard InChI is InChI=1S/C19H24N4O3/c24-18(20-7-10-22-11-13-26-14-12-22)15-21-19(25)16-3-5-17(6-4-16)23-8-1-2-9-23/h1-6,8-9H,7,10-15H2,(H,20,24)(H,21,25). The molecule has 0 radical (unpaired) electrons. The topological polar surface area (TPSA) is 75.6 Å². The Morgan fingerprint density at radius 3 is 2.38 bits per heavy atom. The summed E-state index contributed by atoms with van der Waals surface area (Å²) in [5.41, 5.74) is 1.51. The largest absolute Gasteiger partial charge is 0.379 e. The lowest BCUT2D eigenvalue weighted by Gasteiger charge is -2.26. The van der Waals surface area contributed by atoms with Crippen LogP contribution in [-0.2, 0) is 9.53 Å². The predicted molar refractivity (Wildman–Crippen MR) is 98.4 cm³/mol. The van der Waals surface area contributed by atoms with Crippen molar-refractivity contribution in [3.05, 3.63) is 54.4 Å². The quantitative estimate of drug-likeness (QED) is 0.764. The summed E-state index contributed by atoms with van der Waals surface area (Å²) in [5, 5.41) is 5.47. The first-order valence-corrected chi connectivity index (χ1v) is 8.81. The number of hydrogen-bond acceptors (Lipinski definition) is 4. The van der Waals surface area contributed by atoms with Gasteiger partial charge in [0.1, 0.15) is 0 Å². The highest BCUT2D eigenvalue weighted by atomic mass is 16.5. The first kappa shape index (κ1) is 18.2. The number of nitrogens with one attached hydrogen (secondary N) is 2. The number of aromatic nitrogens is 1. The zero-order chi connectivity index (χ0) is 18.2. The molecule has 2 N–H and O–H groups in total. The molecule has 1 saturated heterocycles. The number of ether oxygens (including phenoxy) is 1. The lowest BCUT2D eigenvalue weighted by molar-refractivity contribution is -0.120. The molecule has 0 atom stereocenters. The average molecular weight is 356 g/mol. The van der Waals surface area contributed by atoms with Gasteiger partial charge in [-0.15, -0.1) is 0 Å². The molecule has 2 aromatic rings. The number of benzene rings is 1. The fourth-order valence-corrected chi connectivity index (χ4v) is 2.79. The van der Waals surface area contributed by atoms with Crippen LogP contribution < -0.4 is 10.6 Å². The van der Waals surface area contributed by atoms with Gasteiger partial charge >= 0.3 is 0 Å². The summed E-state index contributed by atoms with van der Waals surface area (Å²) in [5.74, 6) is -0.442. The maximum atomic E-state index is 12.1. The van der Waals surface area contributed by atoms with Gasteiger partial charge in [0.25, 0.3) is 5.91 Å². The van der Waals surface area contributed by atoms with Crippen LogP contribution in [0.5, 0.6) is 0 Å². The van der Waals surface area contributed by atoms with E-state index in [4.69, 9.17) is 4.74 Å². The lowest BCUT2D eigenvalue weighted by Crippen LogP contribution is -2.43. The molecule has 138 valence electrons. The monoisotopic (exact) mass is 356 g/mol. The molecule has 1 aliphatic rings. The van der Waals surface area contributed by atoms with E-state index in [2.05, 4.69) is 15.5 Å². The van der Waals surface area contributed by atoms with Crippen molar-refractivity contribution in [2.45, 2.75) is 0 Å². The summed E-state index contributed by atoms with van der Waals surface area (Å²) in [6, 6.07) is 11.1. The van der Waals surface area contributed by atoms with Crippen molar-refractivity contribution in [2.75, 3.05) is 45.9 Å². The second kappa shape index (κ2) is 9.17. The van der Waals surface area contributed by atoms with E-state index in [-0.39, 0.29) is 18.4 Å². The molecule has 0 aliphatic carbocycles. The van der Waals surface area contributed by atoms with Crippen LogP contribution in [0.15, 0.2) is 48.8 Å². The fourth-order valence-electron chi connectivity index (χ4n) is 2.79. The smallest absolute Gasteiger partial charge is 0.251 e. The van der Waals surface area contributed by atoms with Crippen molar-refractivity contribution in [3.8, 4) is 5.69 Å². The van der Waals surface area contributed by atoms with E-state index in [9.17, 15) is 9.59 Å². The fraction of sp³-hybridized carbons (Fsp3) is 0.368. The van der Waals surface area contributed by atoms with E-state index < -0.39 is 0 Å². The second-order valence-corrected chi connectivity index (χ2v) is 6.12. The van der Waals surface area contributed by atoms with Crippen LogP contribution in [-0.4, -0.2) is 67.2 Å². The van der Waals surface area contributed by atoms with Gasteiger partial charge in [0.05, 0.1) is 19.8 Å². The van der Waals surface area contributed by atoms with Crippen LogP contribution in [0.4, 0.5) is 0 Å². The number of nitrogens with zero attached hydrogens (tertiary/aromatic N) is 2. The number of amides is 2. The van der Waals surface area contributed by atoms with Gasteiger partial charge in [-0.3, -0.25) is 14.5 Å². The summed E-state index contributed by atoms with van der Waals surface area (Å²) in [4.78, 5) is 26.3. The van der Waals surface area contributed by atoms with Crippen molar-refractivity contribution in [3.63, 3.8) is 0 Å². The molecular weight excluding hydrogens is 332 g/mol. The number of morpholine rings is 1. The van der Waals surface area contributed by atoms with Crippen LogP contribution in [0.3, 0.4) is 0 Å². The van der Waals surface area contributed by atoms with Gasteiger partial charge in [-0.05, 0) is 36.4 Å². The molecule has 0 bridgehead atoms. The Bertz CT molecular complexity index is 707. The Kier molecular flexibility index (Phi) is 6.40. The minimum absolute atomic E-state index is 0.0265. The van der Waals surface area contributed by atoms with Gasteiger partial charge in [-0.1, -0.05) is 0 Å². The van der Waals surface area contributed by atoms with Gasteiger partial charge in [0, 0.05) is 49.8 Å². The van der Waals surface area contributed by atoms with Crippen LogP contribution >= 0.6 is 0 Å². The van der Waals surface area contributed by atoms with E-state index >= 15 is 0 Å². The molecule has 1 aliphatic heterocycles. The summed E-state index contributed by atoms with van der Waals surface area (Å²) >= 11 is 0. The van der Waals surface area contributed by atoms with E-state index in [0.29, 0.717) is 12.1 Å². The van der Waals surface area contributed by atoms with Crippen molar-refractivity contribution in [2.24, 2.45) is 0 Å². The van der Waals surface area contributed by atoms with Gasteiger partial charge in [-0.2, -0.15) is 0 Å². The Labute approximate surface area is 152 Å². The van der Waals surface area contributed by atoms with E-state index in [0.717, 1.165) is 38.5 Å². The zero-order valence-corrected chi connectivity index (χ0v) is 14.7. The number of carbonyl (C=O) groups excluding carboxylic acids is 2. The lowest BCUT2D eigenvalue weighted by atomic mass is 10.2. The van der Waals surface area contributed by atoms with Gasteiger partial charge in [0.15, 0.2) is 0 Å². The molecule has 3 rings (SSSR count). The Morgan fingerprint density at radius 2 is 1.69 bits per heavy atom. The highest BCUT2D eigenvalue weighted by Gasteiger charge is 2.11. The van der Waals surface area contributed by atoms with Gasteiger partial charge in [-0.25, -0.2) is 0 Å². The molecule has 26 heavy (non-hydrogen) atoms.